The molecule has 6 rings (SSSR count). The molecule has 0 spiro atoms. The van der Waals surface area contributed by atoms with Crippen molar-refractivity contribution in [2.24, 2.45) is 0 Å². The van der Waals surface area contributed by atoms with Gasteiger partial charge in [-0.05, 0) is 40.6 Å². The predicted molar refractivity (Wildman–Crippen MR) is 187 cm³/mol. The topological polar surface area (TPSA) is 249 Å². The van der Waals surface area contributed by atoms with Gasteiger partial charge in [-0.3, -0.25) is 0 Å². The smallest absolute Gasteiger partial charge is 0.314 e. The van der Waals surface area contributed by atoms with Gasteiger partial charge in [0.25, 0.3) is 11.8 Å². The normalized spacial score (nSPS) is 12.9. The largest absolute Gasteiger partial charge is 0.415 e. The van der Waals surface area contributed by atoms with E-state index in [9.17, 15) is 34.4 Å². The first-order valence-electron chi connectivity index (χ1n) is 15.8. The number of alkyl halides is 2. The molecule has 0 saturated heterocycles. The lowest BCUT2D eigenvalue weighted by atomic mass is 9.95. The van der Waals surface area contributed by atoms with Crippen LogP contribution in [0.1, 0.15) is 41.2 Å². The number of H-pyrrole nitrogens is 1. The number of anilines is 1. The van der Waals surface area contributed by atoms with E-state index in [-0.39, 0.29) is 42.2 Å². The summed E-state index contributed by atoms with van der Waals surface area (Å²) in [5.41, 5.74) is 2.21. The Labute approximate surface area is 310 Å². The van der Waals surface area contributed by atoms with Crippen LogP contribution in [0.5, 0.6) is 0 Å². The Morgan fingerprint density at radius 1 is 0.727 bits per heavy atom. The van der Waals surface area contributed by atoms with Crippen LogP contribution in [0.4, 0.5) is 23.5 Å². The molecule has 55 heavy (non-hydrogen) atoms. The van der Waals surface area contributed by atoms with Crippen LogP contribution in [0.25, 0.3) is 22.8 Å². The first kappa shape index (κ1) is 40.3. The van der Waals surface area contributed by atoms with E-state index >= 15 is 0 Å². The fourth-order valence-corrected chi connectivity index (χ4v) is 5.64. The lowest BCUT2D eigenvalue weighted by molar-refractivity contribution is 0.116. The minimum atomic E-state index is -3.47. The maximum absolute atomic E-state index is 13.2. The third kappa shape index (κ3) is 12.6. The zero-order valence-electron chi connectivity index (χ0n) is 28.7. The zero-order chi connectivity index (χ0) is 39.6. The van der Waals surface area contributed by atoms with Gasteiger partial charge in [0.1, 0.15) is 17.5 Å². The molecule has 290 valence electrons. The van der Waals surface area contributed by atoms with Crippen LogP contribution in [0.15, 0.2) is 77.7 Å². The average molecular weight is 806 g/mol. The third-order valence-corrected chi connectivity index (χ3v) is 8.70. The number of benzene rings is 2. The minimum absolute atomic E-state index is 0.0447. The van der Waals surface area contributed by atoms with Gasteiger partial charge < -0.3 is 9.73 Å². The zero-order valence-corrected chi connectivity index (χ0v) is 30.3. The SMILES string of the molecule is CS(=O)(=O)NCC(Cc1ncc(-c2nn[nH]n2)cn1)c1ccc(F)cc1.CS(=O)(=O)NCC(Nc1ncc(-c2nnc(C(F)F)o2)cn1)c1ccc(F)cc1. The standard InChI is InChI=1S/C16H15F3N6O3S.C15H16FN7O2S/c1-29(26,27)22-8-12(9-2-4-11(17)5-3-9)23-16-20-6-10(7-21-16)14-24-25-15(28-14)13(18)19;1-26(24,25)19-9-11(10-2-4-13(16)5-3-10)6-14-17-7-12(8-18-14)15-20-22-23-21-15/h2-7,12-13,22H,8H2,1H3,(H,20,21,23);2-5,7-8,11,19H,6,9H2,1H3,(H,20,21,22,23). The van der Waals surface area contributed by atoms with Crippen molar-refractivity contribution in [1.82, 2.24) is 60.2 Å². The van der Waals surface area contributed by atoms with Gasteiger partial charge in [-0.2, -0.15) is 14.0 Å². The van der Waals surface area contributed by atoms with E-state index in [2.05, 4.69) is 65.5 Å². The average Bonchev–Trinajstić information content (AvgIpc) is 3.87. The Balaban J connectivity index is 0.000000212. The van der Waals surface area contributed by atoms with Crippen molar-refractivity contribution in [1.29, 1.82) is 0 Å². The fraction of sp³-hybridized carbons (Fsp3) is 0.258. The Bertz CT molecular complexity index is 2340. The highest BCUT2D eigenvalue weighted by atomic mass is 32.2. The number of nitrogens with zero attached hydrogens (tertiary/aromatic N) is 9. The molecule has 0 amide bonds. The monoisotopic (exact) mass is 805 g/mol. The van der Waals surface area contributed by atoms with Crippen molar-refractivity contribution in [3.8, 4) is 22.8 Å². The Morgan fingerprint density at radius 2 is 1.29 bits per heavy atom. The molecule has 0 bridgehead atoms. The molecule has 24 heteroatoms. The summed E-state index contributed by atoms with van der Waals surface area (Å²) in [5.74, 6) is -1.01. The molecule has 0 aliphatic heterocycles. The van der Waals surface area contributed by atoms with E-state index in [1.807, 2.05) is 0 Å². The number of nitrogens with one attached hydrogen (secondary N) is 4. The fourth-order valence-electron chi connectivity index (χ4n) is 4.67. The summed E-state index contributed by atoms with van der Waals surface area (Å²) in [7, 11) is -6.82. The summed E-state index contributed by atoms with van der Waals surface area (Å²) in [6, 6.07) is 10.8. The van der Waals surface area contributed by atoms with Crippen LogP contribution in [-0.4, -0.2) is 93.2 Å². The number of halogens is 4. The van der Waals surface area contributed by atoms with Crippen molar-refractivity contribution in [3.63, 3.8) is 0 Å². The molecule has 6 aromatic rings. The van der Waals surface area contributed by atoms with Crippen molar-refractivity contribution in [2.75, 3.05) is 30.9 Å². The summed E-state index contributed by atoms with van der Waals surface area (Å²) in [6.07, 6.45) is 5.28. The molecule has 0 radical (unpaired) electrons. The number of tetrazole rings is 1. The number of aromatic amines is 1. The lowest BCUT2D eigenvalue weighted by Gasteiger charge is -2.19. The quantitative estimate of drug-likeness (QED) is 0.109. The molecule has 0 aliphatic carbocycles. The van der Waals surface area contributed by atoms with Gasteiger partial charge in [0.05, 0.1) is 29.7 Å². The molecule has 2 unspecified atom stereocenters. The summed E-state index contributed by atoms with van der Waals surface area (Å²) in [5, 5.41) is 23.2. The highest BCUT2D eigenvalue weighted by molar-refractivity contribution is 7.89. The molecule has 0 saturated carbocycles. The van der Waals surface area contributed by atoms with E-state index in [4.69, 9.17) is 4.42 Å². The van der Waals surface area contributed by atoms with Crippen LogP contribution in [-0.2, 0) is 26.5 Å². The van der Waals surface area contributed by atoms with Crippen LogP contribution in [0, 0.1) is 11.6 Å². The Morgan fingerprint density at radius 3 is 1.82 bits per heavy atom. The van der Waals surface area contributed by atoms with Gasteiger partial charge in [0.15, 0.2) is 0 Å². The number of rotatable bonds is 15. The molecule has 0 aliphatic rings. The maximum Gasteiger partial charge on any atom is 0.314 e. The van der Waals surface area contributed by atoms with Crippen LogP contribution < -0.4 is 14.8 Å². The first-order chi connectivity index (χ1) is 26.1. The van der Waals surface area contributed by atoms with Gasteiger partial charge in [0.2, 0.25) is 31.8 Å². The Kier molecular flexibility index (Phi) is 13.2. The van der Waals surface area contributed by atoms with Crippen LogP contribution in [0.2, 0.25) is 0 Å². The minimum Gasteiger partial charge on any atom is -0.415 e. The summed E-state index contributed by atoms with van der Waals surface area (Å²) >= 11 is 0. The molecule has 2 aromatic carbocycles. The van der Waals surface area contributed by atoms with E-state index in [1.54, 1.807) is 24.5 Å². The van der Waals surface area contributed by atoms with Gasteiger partial charge in [-0.15, -0.1) is 20.4 Å². The second-order valence-corrected chi connectivity index (χ2v) is 15.3. The number of aromatic nitrogens is 10. The summed E-state index contributed by atoms with van der Waals surface area (Å²) < 4.78 is 107. The number of sulfonamides is 2. The maximum atomic E-state index is 13.2. The summed E-state index contributed by atoms with van der Waals surface area (Å²) in [4.78, 5) is 16.7. The number of hydrogen-bond acceptors (Lipinski definition) is 15. The molecule has 4 heterocycles. The molecule has 0 fully saturated rings. The third-order valence-electron chi connectivity index (χ3n) is 7.32. The van der Waals surface area contributed by atoms with E-state index in [1.165, 1.54) is 48.8 Å². The second kappa shape index (κ2) is 18.0. The van der Waals surface area contributed by atoms with Crippen molar-refractivity contribution in [3.05, 3.63) is 108 Å². The van der Waals surface area contributed by atoms with Crippen LogP contribution in [0.3, 0.4) is 0 Å². The van der Waals surface area contributed by atoms with E-state index in [0.29, 0.717) is 29.2 Å². The van der Waals surface area contributed by atoms with Crippen LogP contribution >= 0.6 is 0 Å². The second-order valence-electron chi connectivity index (χ2n) is 11.6. The molecule has 18 nitrogen and oxygen atoms in total. The molecule has 4 N–H and O–H groups in total. The van der Waals surface area contributed by atoms with Gasteiger partial charge in [0, 0.05) is 50.2 Å². The highest BCUT2D eigenvalue weighted by Gasteiger charge is 2.20. The van der Waals surface area contributed by atoms with Crippen molar-refractivity contribution < 1.29 is 38.8 Å². The van der Waals surface area contributed by atoms with Gasteiger partial charge >= 0.3 is 6.43 Å². The predicted octanol–water partition coefficient (Wildman–Crippen LogP) is 2.98. The molecular weight excluding hydrogens is 775 g/mol. The summed E-state index contributed by atoms with van der Waals surface area (Å²) in [6.45, 7) is 0.109. The van der Waals surface area contributed by atoms with Crippen molar-refractivity contribution in [2.45, 2.75) is 24.8 Å². The van der Waals surface area contributed by atoms with Gasteiger partial charge in [-0.25, -0.2) is 55.0 Å². The van der Waals surface area contributed by atoms with Crippen molar-refractivity contribution >= 4 is 26.0 Å². The van der Waals surface area contributed by atoms with Gasteiger partial charge in [-0.1, -0.05) is 24.3 Å². The highest BCUT2D eigenvalue weighted by Crippen LogP contribution is 2.24. The number of hydrogen-bond donors (Lipinski definition) is 4. The molecule has 4 aromatic heterocycles. The lowest BCUT2D eigenvalue weighted by Crippen LogP contribution is -2.31. The molecule has 2 atom stereocenters. The van der Waals surface area contributed by atoms with E-state index < -0.39 is 44.2 Å². The first-order valence-corrected chi connectivity index (χ1v) is 19.6. The molecular formula is C31H31F4N13O5S2. The van der Waals surface area contributed by atoms with E-state index in [0.717, 1.165) is 18.1 Å². The Hall–Kier alpha value is -5.85.